The lowest BCUT2D eigenvalue weighted by atomic mass is 9.96. The fourth-order valence-electron chi connectivity index (χ4n) is 3.66. The second-order valence-electron chi connectivity index (χ2n) is 7.45. The molecule has 0 N–H and O–H groups in total. The lowest BCUT2D eigenvalue weighted by Crippen LogP contribution is -2.45. The van der Waals surface area contributed by atoms with Crippen LogP contribution in [-0.4, -0.2) is 23.5 Å². The second kappa shape index (κ2) is 5.94. The summed E-state index contributed by atoms with van der Waals surface area (Å²) < 4.78 is 0. The van der Waals surface area contributed by atoms with Gasteiger partial charge in [0.25, 0.3) is 0 Å². The normalized spacial score (nSPS) is 35.7. The maximum absolute atomic E-state index is 2.80. The van der Waals surface area contributed by atoms with Crippen LogP contribution in [0, 0.1) is 17.8 Å². The summed E-state index contributed by atoms with van der Waals surface area (Å²) >= 11 is 0. The molecular weight excluding hydrogens is 218 g/mol. The summed E-state index contributed by atoms with van der Waals surface area (Å²) in [5.74, 6) is 3.06. The van der Waals surface area contributed by atoms with Crippen molar-refractivity contribution >= 4 is 0 Å². The predicted octanol–water partition coefficient (Wildman–Crippen LogP) is 4.71. The van der Waals surface area contributed by atoms with E-state index in [1.165, 1.54) is 58.0 Å². The summed E-state index contributed by atoms with van der Waals surface area (Å²) in [4.78, 5) is 2.80. The number of nitrogens with zero attached hydrogens (tertiary/aromatic N) is 1. The van der Waals surface area contributed by atoms with Crippen molar-refractivity contribution in [2.24, 2.45) is 17.8 Å². The van der Waals surface area contributed by atoms with Crippen molar-refractivity contribution in [2.75, 3.05) is 13.1 Å². The summed E-state index contributed by atoms with van der Waals surface area (Å²) in [5.41, 5.74) is 0.407. The zero-order chi connectivity index (χ0) is 13.2. The van der Waals surface area contributed by atoms with Crippen LogP contribution < -0.4 is 0 Å². The summed E-state index contributed by atoms with van der Waals surface area (Å²) in [7, 11) is 0. The van der Waals surface area contributed by atoms with Crippen LogP contribution in [-0.2, 0) is 0 Å². The fraction of sp³-hybridized carbons (Fsp3) is 1.00. The van der Waals surface area contributed by atoms with Gasteiger partial charge < -0.3 is 0 Å². The molecule has 1 nitrogen and oxygen atoms in total. The summed E-state index contributed by atoms with van der Waals surface area (Å²) in [6.45, 7) is 12.4. The van der Waals surface area contributed by atoms with E-state index in [1.807, 2.05) is 0 Å². The van der Waals surface area contributed by atoms with Crippen LogP contribution in [0.25, 0.3) is 0 Å². The Bertz CT molecular complexity index is 258. The molecule has 0 spiro atoms. The molecule has 0 aromatic heterocycles. The molecule has 1 saturated carbocycles. The van der Waals surface area contributed by atoms with Crippen LogP contribution in [0.3, 0.4) is 0 Å². The van der Waals surface area contributed by atoms with Crippen molar-refractivity contribution < 1.29 is 0 Å². The van der Waals surface area contributed by atoms with Crippen LogP contribution in [0.5, 0.6) is 0 Å². The Morgan fingerprint density at radius 2 is 1.83 bits per heavy atom. The van der Waals surface area contributed by atoms with Gasteiger partial charge in [0.2, 0.25) is 0 Å². The summed E-state index contributed by atoms with van der Waals surface area (Å²) in [6.07, 6.45) is 10.1. The van der Waals surface area contributed by atoms with Gasteiger partial charge in [0.15, 0.2) is 0 Å². The van der Waals surface area contributed by atoms with E-state index < -0.39 is 0 Å². The summed E-state index contributed by atoms with van der Waals surface area (Å²) in [6, 6.07) is 0. The van der Waals surface area contributed by atoms with Gasteiger partial charge in [-0.3, -0.25) is 4.90 Å². The van der Waals surface area contributed by atoms with E-state index in [1.54, 1.807) is 0 Å². The van der Waals surface area contributed by atoms with E-state index in [2.05, 4.69) is 32.6 Å². The molecule has 3 unspecified atom stereocenters. The standard InChI is InChI=1S/C17H33N/c1-5-17(3,4)18-11-9-7-6-8-10-14(2)16-12-15(16)13-18/h14-16H,5-13H2,1-4H3. The van der Waals surface area contributed by atoms with Gasteiger partial charge in [-0.05, 0) is 57.4 Å². The molecule has 1 heterocycles. The Morgan fingerprint density at radius 3 is 2.56 bits per heavy atom. The Kier molecular flexibility index (Phi) is 4.75. The molecule has 2 rings (SSSR count). The first-order chi connectivity index (χ1) is 8.54. The highest BCUT2D eigenvalue weighted by atomic mass is 15.2. The topological polar surface area (TPSA) is 3.24 Å². The number of hydrogen-bond acceptors (Lipinski definition) is 1. The van der Waals surface area contributed by atoms with Crippen molar-refractivity contribution in [3.8, 4) is 0 Å². The van der Waals surface area contributed by atoms with Crippen LogP contribution >= 0.6 is 0 Å². The van der Waals surface area contributed by atoms with E-state index in [-0.39, 0.29) is 0 Å². The SMILES string of the molecule is CCC(C)(C)N1CCCCCCC(C)C2CC2C1. The number of rotatable bonds is 2. The molecule has 106 valence electrons. The van der Waals surface area contributed by atoms with E-state index >= 15 is 0 Å². The zero-order valence-corrected chi connectivity index (χ0v) is 13.0. The predicted molar refractivity (Wildman–Crippen MR) is 79.8 cm³/mol. The maximum Gasteiger partial charge on any atom is 0.0150 e. The monoisotopic (exact) mass is 251 g/mol. The lowest BCUT2D eigenvalue weighted by molar-refractivity contribution is 0.104. The molecule has 2 fully saturated rings. The molecule has 2 aliphatic rings. The first-order valence-electron chi connectivity index (χ1n) is 8.29. The second-order valence-corrected chi connectivity index (χ2v) is 7.45. The van der Waals surface area contributed by atoms with Gasteiger partial charge >= 0.3 is 0 Å². The van der Waals surface area contributed by atoms with Gasteiger partial charge in [-0.2, -0.15) is 0 Å². The summed E-state index contributed by atoms with van der Waals surface area (Å²) in [5, 5.41) is 0. The molecule has 1 heteroatoms. The Balaban J connectivity index is 1.97. The van der Waals surface area contributed by atoms with Crippen LogP contribution in [0.4, 0.5) is 0 Å². The van der Waals surface area contributed by atoms with Crippen molar-refractivity contribution in [2.45, 2.75) is 78.2 Å². The van der Waals surface area contributed by atoms with Crippen molar-refractivity contribution in [3.05, 3.63) is 0 Å². The number of hydrogen-bond donors (Lipinski definition) is 0. The van der Waals surface area contributed by atoms with Crippen molar-refractivity contribution in [1.29, 1.82) is 0 Å². The Morgan fingerprint density at radius 1 is 1.11 bits per heavy atom. The number of fused-ring (bicyclic) bond motifs is 1. The van der Waals surface area contributed by atoms with E-state index in [0.29, 0.717) is 5.54 Å². The fourth-order valence-corrected chi connectivity index (χ4v) is 3.66. The molecule has 0 aromatic carbocycles. The molecule has 0 radical (unpaired) electrons. The minimum Gasteiger partial charge on any atom is -0.298 e. The Hall–Kier alpha value is -0.0400. The van der Waals surface area contributed by atoms with Crippen molar-refractivity contribution in [1.82, 2.24) is 4.90 Å². The van der Waals surface area contributed by atoms with Gasteiger partial charge in [0, 0.05) is 12.1 Å². The molecule has 0 bridgehead atoms. The van der Waals surface area contributed by atoms with E-state index in [4.69, 9.17) is 0 Å². The first-order valence-corrected chi connectivity index (χ1v) is 8.29. The van der Waals surface area contributed by atoms with Gasteiger partial charge in [0.1, 0.15) is 0 Å². The average molecular weight is 251 g/mol. The molecule has 3 atom stereocenters. The minimum absolute atomic E-state index is 0.407. The average Bonchev–Trinajstić information content (AvgIpc) is 3.09. The smallest absolute Gasteiger partial charge is 0.0150 e. The van der Waals surface area contributed by atoms with Crippen LogP contribution in [0.1, 0.15) is 72.6 Å². The van der Waals surface area contributed by atoms with Gasteiger partial charge in [-0.1, -0.05) is 39.5 Å². The van der Waals surface area contributed by atoms with E-state index in [0.717, 1.165) is 17.8 Å². The third-order valence-corrected chi connectivity index (χ3v) is 5.72. The minimum atomic E-state index is 0.407. The highest BCUT2D eigenvalue weighted by molar-refractivity contribution is 4.94. The van der Waals surface area contributed by atoms with Gasteiger partial charge in [0.05, 0.1) is 0 Å². The van der Waals surface area contributed by atoms with Crippen LogP contribution in [0.15, 0.2) is 0 Å². The lowest BCUT2D eigenvalue weighted by Gasteiger charge is -2.38. The third kappa shape index (κ3) is 3.50. The maximum atomic E-state index is 2.80. The molecule has 0 aromatic rings. The molecule has 1 saturated heterocycles. The van der Waals surface area contributed by atoms with Gasteiger partial charge in [-0.25, -0.2) is 0 Å². The Labute approximate surface area is 114 Å². The van der Waals surface area contributed by atoms with Crippen LogP contribution in [0.2, 0.25) is 0 Å². The quantitative estimate of drug-likeness (QED) is 0.687. The molecule has 1 aliphatic heterocycles. The highest BCUT2D eigenvalue weighted by Crippen LogP contribution is 2.47. The highest BCUT2D eigenvalue weighted by Gasteiger charge is 2.42. The first kappa shape index (κ1) is 14.4. The largest absolute Gasteiger partial charge is 0.298 e. The molecule has 0 amide bonds. The zero-order valence-electron chi connectivity index (χ0n) is 13.0. The van der Waals surface area contributed by atoms with Crippen molar-refractivity contribution in [3.63, 3.8) is 0 Å². The van der Waals surface area contributed by atoms with Gasteiger partial charge in [-0.15, -0.1) is 0 Å². The molecule has 18 heavy (non-hydrogen) atoms. The molecule has 1 aliphatic carbocycles. The van der Waals surface area contributed by atoms with E-state index in [9.17, 15) is 0 Å². The third-order valence-electron chi connectivity index (χ3n) is 5.72. The molecular formula is C17H33N.